The highest BCUT2D eigenvalue weighted by Gasteiger charge is 2.01. The summed E-state index contributed by atoms with van der Waals surface area (Å²) >= 11 is 0. The van der Waals surface area contributed by atoms with Crippen LogP contribution in [0.15, 0.2) is 35.4 Å². The largest absolute Gasteiger partial charge is 0.352 e. The molecule has 0 aliphatic carbocycles. The zero-order valence-electron chi connectivity index (χ0n) is 14.6. The summed E-state index contributed by atoms with van der Waals surface area (Å²) in [5.41, 5.74) is 9.30. The van der Waals surface area contributed by atoms with Crippen molar-refractivity contribution in [2.45, 2.75) is 70.8 Å². The second-order valence-corrected chi connectivity index (χ2v) is 6.15. The predicted octanol–water partition coefficient (Wildman–Crippen LogP) is 5.51. The average molecular weight is 330 g/mol. The number of carbonyl (C=O) groups is 1. The van der Waals surface area contributed by atoms with Crippen LogP contribution in [0.25, 0.3) is 10.4 Å². The first-order valence-corrected chi connectivity index (χ1v) is 9.14. The van der Waals surface area contributed by atoms with E-state index in [4.69, 9.17) is 5.53 Å². The zero-order valence-corrected chi connectivity index (χ0v) is 14.6. The van der Waals surface area contributed by atoms with Gasteiger partial charge in [-0.15, -0.1) is 0 Å². The van der Waals surface area contributed by atoms with Crippen molar-refractivity contribution in [2.75, 3.05) is 6.54 Å². The van der Waals surface area contributed by atoms with Gasteiger partial charge in [0.2, 0.25) is 5.91 Å². The SMILES string of the molecule is [N-]=[N+]=NCCCCCCCCCCCC(=O)NCc1ccccc1. The van der Waals surface area contributed by atoms with Crippen molar-refractivity contribution in [1.82, 2.24) is 5.32 Å². The predicted molar refractivity (Wildman–Crippen MR) is 98.5 cm³/mol. The lowest BCUT2D eigenvalue weighted by Gasteiger charge is -2.05. The Bertz CT molecular complexity index is 483. The molecule has 1 rings (SSSR count). The Labute approximate surface area is 145 Å². The Morgan fingerprint density at radius 1 is 0.917 bits per heavy atom. The molecule has 1 aromatic carbocycles. The third kappa shape index (κ3) is 11.6. The van der Waals surface area contributed by atoms with Crippen LogP contribution in [0.1, 0.15) is 69.8 Å². The summed E-state index contributed by atoms with van der Waals surface area (Å²) in [6, 6.07) is 10.0. The topological polar surface area (TPSA) is 77.9 Å². The number of carbonyl (C=O) groups excluding carboxylic acids is 1. The van der Waals surface area contributed by atoms with Gasteiger partial charge in [-0.25, -0.2) is 0 Å². The maximum atomic E-state index is 11.8. The van der Waals surface area contributed by atoms with Crippen LogP contribution in [-0.4, -0.2) is 12.5 Å². The zero-order chi connectivity index (χ0) is 17.3. The Hall–Kier alpha value is -2.00. The first-order chi connectivity index (χ1) is 11.8. The number of rotatable bonds is 14. The smallest absolute Gasteiger partial charge is 0.220 e. The minimum Gasteiger partial charge on any atom is -0.352 e. The summed E-state index contributed by atoms with van der Waals surface area (Å²) in [6.07, 6.45) is 11.1. The third-order valence-electron chi connectivity index (χ3n) is 4.06. The summed E-state index contributed by atoms with van der Waals surface area (Å²) in [5.74, 6) is 0.152. The fourth-order valence-corrected chi connectivity index (χ4v) is 2.64. The van der Waals surface area contributed by atoms with Crippen LogP contribution in [0.3, 0.4) is 0 Å². The average Bonchev–Trinajstić information content (AvgIpc) is 2.62. The normalized spacial score (nSPS) is 10.2. The molecule has 1 N–H and O–H groups in total. The van der Waals surface area contributed by atoms with Crippen molar-refractivity contribution in [2.24, 2.45) is 5.11 Å². The van der Waals surface area contributed by atoms with Crippen LogP contribution in [-0.2, 0) is 11.3 Å². The van der Waals surface area contributed by atoms with Gasteiger partial charge in [-0.3, -0.25) is 4.79 Å². The molecule has 24 heavy (non-hydrogen) atoms. The number of amides is 1. The second kappa shape index (κ2) is 14.6. The Morgan fingerprint density at radius 2 is 1.50 bits per heavy atom. The van der Waals surface area contributed by atoms with Gasteiger partial charge in [0, 0.05) is 24.4 Å². The fraction of sp³-hybridized carbons (Fsp3) is 0.632. The lowest BCUT2D eigenvalue weighted by Crippen LogP contribution is -2.22. The Balaban J connectivity index is 1.84. The minimum absolute atomic E-state index is 0.152. The Kier molecular flexibility index (Phi) is 12.2. The molecule has 0 unspecified atom stereocenters. The summed E-state index contributed by atoms with van der Waals surface area (Å²) in [4.78, 5) is 14.5. The molecule has 0 radical (unpaired) electrons. The van der Waals surface area contributed by atoms with Gasteiger partial charge in [-0.05, 0) is 23.9 Å². The van der Waals surface area contributed by atoms with Gasteiger partial charge < -0.3 is 5.32 Å². The first kappa shape index (κ1) is 20.0. The van der Waals surface area contributed by atoms with Gasteiger partial charge in [0.05, 0.1) is 0 Å². The minimum atomic E-state index is 0.152. The second-order valence-electron chi connectivity index (χ2n) is 6.15. The third-order valence-corrected chi connectivity index (χ3v) is 4.06. The van der Waals surface area contributed by atoms with Crippen LogP contribution >= 0.6 is 0 Å². The maximum Gasteiger partial charge on any atom is 0.220 e. The standard InChI is InChI=1S/C19H30N4O/c20-23-22-16-12-7-5-3-1-2-4-6-11-15-19(24)21-17-18-13-9-8-10-14-18/h8-10,13-14H,1-7,11-12,15-17H2,(H,21,24). The van der Waals surface area contributed by atoms with E-state index in [2.05, 4.69) is 15.3 Å². The molecule has 0 bridgehead atoms. The molecule has 132 valence electrons. The van der Waals surface area contributed by atoms with E-state index >= 15 is 0 Å². The van der Waals surface area contributed by atoms with E-state index in [-0.39, 0.29) is 5.91 Å². The monoisotopic (exact) mass is 330 g/mol. The van der Waals surface area contributed by atoms with Crippen LogP contribution in [0.2, 0.25) is 0 Å². The van der Waals surface area contributed by atoms with Crippen LogP contribution < -0.4 is 5.32 Å². The summed E-state index contributed by atoms with van der Waals surface area (Å²) < 4.78 is 0. The summed E-state index contributed by atoms with van der Waals surface area (Å²) in [5, 5.41) is 6.50. The van der Waals surface area contributed by atoms with Crippen molar-refractivity contribution in [3.05, 3.63) is 46.3 Å². The van der Waals surface area contributed by atoms with Crippen LogP contribution in [0.5, 0.6) is 0 Å². The Morgan fingerprint density at radius 3 is 2.12 bits per heavy atom. The van der Waals surface area contributed by atoms with Gasteiger partial charge in [0.25, 0.3) is 0 Å². The number of nitrogens with zero attached hydrogens (tertiary/aromatic N) is 3. The number of azide groups is 1. The van der Waals surface area contributed by atoms with E-state index in [1.54, 1.807) is 0 Å². The molecule has 0 saturated heterocycles. The highest BCUT2D eigenvalue weighted by atomic mass is 16.1. The molecule has 5 heteroatoms. The molecule has 0 saturated carbocycles. The molecule has 1 amide bonds. The van der Waals surface area contributed by atoms with Gasteiger partial charge in [-0.1, -0.05) is 80.4 Å². The lowest BCUT2D eigenvalue weighted by molar-refractivity contribution is -0.121. The fourth-order valence-electron chi connectivity index (χ4n) is 2.64. The lowest BCUT2D eigenvalue weighted by atomic mass is 10.1. The number of unbranched alkanes of at least 4 members (excludes halogenated alkanes) is 8. The van der Waals surface area contributed by atoms with E-state index in [9.17, 15) is 4.79 Å². The number of hydrogen-bond acceptors (Lipinski definition) is 2. The molecule has 0 heterocycles. The maximum absolute atomic E-state index is 11.8. The molecular weight excluding hydrogens is 300 g/mol. The number of nitrogens with one attached hydrogen (secondary N) is 1. The molecule has 0 fully saturated rings. The molecule has 0 spiro atoms. The van der Waals surface area contributed by atoms with Gasteiger partial charge in [0.1, 0.15) is 0 Å². The van der Waals surface area contributed by atoms with E-state index in [0.29, 0.717) is 19.5 Å². The first-order valence-electron chi connectivity index (χ1n) is 9.14. The van der Waals surface area contributed by atoms with E-state index < -0.39 is 0 Å². The molecule has 0 aliphatic heterocycles. The summed E-state index contributed by atoms with van der Waals surface area (Å²) in [6.45, 7) is 1.25. The van der Waals surface area contributed by atoms with Crippen molar-refractivity contribution < 1.29 is 4.79 Å². The van der Waals surface area contributed by atoms with Gasteiger partial charge >= 0.3 is 0 Å². The molecular formula is C19H30N4O. The highest BCUT2D eigenvalue weighted by molar-refractivity contribution is 5.75. The quantitative estimate of drug-likeness (QED) is 0.207. The molecule has 1 aromatic rings. The van der Waals surface area contributed by atoms with Gasteiger partial charge in [-0.2, -0.15) is 0 Å². The molecule has 5 nitrogen and oxygen atoms in total. The number of hydrogen-bond donors (Lipinski definition) is 1. The van der Waals surface area contributed by atoms with Crippen LogP contribution in [0.4, 0.5) is 0 Å². The highest BCUT2D eigenvalue weighted by Crippen LogP contribution is 2.10. The van der Waals surface area contributed by atoms with Crippen molar-refractivity contribution in [3.63, 3.8) is 0 Å². The number of benzene rings is 1. The molecule has 0 aliphatic rings. The molecule has 0 aromatic heterocycles. The van der Waals surface area contributed by atoms with Crippen molar-refractivity contribution in [3.8, 4) is 0 Å². The molecule has 0 atom stereocenters. The van der Waals surface area contributed by atoms with Crippen LogP contribution in [0, 0.1) is 0 Å². The van der Waals surface area contributed by atoms with E-state index in [1.165, 1.54) is 32.1 Å². The van der Waals surface area contributed by atoms with E-state index in [0.717, 1.165) is 31.2 Å². The van der Waals surface area contributed by atoms with Crippen molar-refractivity contribution in [1.29, 1.82) is 0 Å². The van der Waals surface area contributed by atoms with E-state index in [1.807, 2.05) is 30.3 Å². The van der Waals surface area contributed by atoms with Gasteiger partial charge in [0.15, 0.2) is 0 Å². The summed E-state index contributed by atoms with van der Waals surface area (Å²) in [7, 11) is 0. The van der Waals surface area contributed by atoms with Crippen molar-refractivity contribution >= 4 is 5.91 Å².